The minimum Gasteiger partial charge on any atom is -0.446 e. The Kier molecular flexibility index (Phi) is 12.4. The van der Waals surface area contributed by atoms with E-state index in [0.29, 0.717) is 0 Å². The number of carbonyl (C=O) groups excluding carboxylic acids is 3. The van der Waals surface area contributed by atoms with Crippen LogP contribution in [-0.4, -0.2) is 148 Å². The van der Waals surface area contributed by atoms with Gasteiger partial charge < -0.3 is 60.9 Å². The van der Waals surface area contributed by atoms with E-state index in [2.05, 4.69) is 4.74 Å². The molecule has 0 heterocycles. The van der Waals surface area contributed by atoms with E-state index in [1.54, 1.807) is 0 Å². The van der Waals surface area contributed by atoms with E-state index < -0.39 is 85.5 Å². The maximum absolute atomic E-state index is 11.7. The molecule has 0 bridgehead atoms. The van der Waals surface area contributed by atoms with Crippen molar-refractivity contribution in [3.63, 3.8) is 0 Å². The van der Waals surface area contributed by atoms with Gasteiger partial charge in [0.25, 0.3) is 5.78 Å². The zero-order valence-corrected chi connectivity index (χ0v) is 16.2. The van der Waals surface area contributed by atoms with Gasteiger partial charge in [-0.1, -0.05) is 0 Å². The summed E-state index contributed by atoms with van der Waals surface area (Å²) in [6.45, 7) is -0.0552. The molecule has 0 aromatic heterocycles. The second-order valence-electron chi connectivity index (χ2n) is 6.74. The number of rotatable bonds is 14. The number of aldehydes is 1. The molecule has 0 fully saturated rings. The second kappa shape index (κ2) is 13.0. The molecule has 0 aliphatic carbocycles. The van der Waals surface area contributed by atoms with Crippen LogP contribution >= 0.6 is 0 Å². The van der Waals surface area contributed by atoms with Crippen LogP contribution < -0.4 is 0 Å². The first kappa shape index (κ1) is 29.4. The Bertz CT molecular complexity index is 583. The highest BCUT2D eigenvalue weighted by Gasteiger charge is 2.42. The first-order valence-electron chi connectivity index (χ1n) is 8.84. The van der Waals surface area contributed by atoms with E-state index in [1.165, 1.54) is 0 Å². The predicted octanol–water partition coefficient (Wildman–Crippen LogP) is -7.71. The lowest BCUT2D eigenvalue weighted by Crippen LogP contribution is -2.56. The van der Waals surface area contributed by atoms with E-state index >= 15 is 0 Å². The van der Waals surface area contributed by atoms with Crippen LogP contribution in [0.1, 0.15) is 6.92 Å². The summed E-state index contributed by atoms with van der Waals surface area (Å²) in [5, 5.41) is 104. The van der Waals surface area contributed by atoms with Crippen molar-refractivity contribution >= 4 is 18.0 Å². The molecule has 0 aromatic carbocycles. The van der Waals surface area contributed by atoms with Crippen molar-refractivity contribution in [2.24, 2.45) is 0 Å². The van der Waals surface area contributed by atoms with Crippen molar-refractivity contribution < 1.29 is 75.3 Å². The van der Waals surface area contributed by atoms with Gasteiger partial charge in [-0.2, -0.15) is 0 Å². The van der Waals surface area contributed by atoms with Crippen LogP contribution in [0.2, 0.25) is 0 Å². The Balaban J connectivity index is 5.21. The SMILES string of the molecule is C[C@@H](O)[C@@H](O)[C@H](O)[C@@H](O)[C@@H](O)[C@H](O)[C@H](O)[C@H](C=O)OC(=O)C(=O)[C@H](O)[C@H](O)[C@@H](O)CO. The van der Waals surface area contributed by atoms with Crippen LogP contribution in [0.4, 0.5) is 0 Å². The predicted molar refractivity (Wildman–Crippen MR) is 93.8 cm³/mol. The van der Waals surface area contributed by atoms with Crippen molar-refractivity contribution in [3.05, 3.63) is 0 Å². The summed E-state index contributed by atoms with van der Waals surface area (Å²) in [5.41, 5.74) is 0. The average molecular weight is 460 g/mol. The number of ketones is 1. The smallest absolute Gasteiger partial charge is 0.378 e. The van der Waals surface area contributed by atoms with Crippen LogP contribution in [-0.2, 0) is 19.1 Å². The molecule has 15 nitrogen and oxygen atoms in total. The third kappa shape index (κ3) is 7.78. The summed E-state index contributed by atoms with van der Waals surface area (Å²) in [6.07, 6.45) is -25.2. The maximum atomic E-state index is 11.7. The Morgan fingerprint density at radius 3 is 1.55 bits per heavy atom. The molecular weight excluding hydrogens is 432 g/mol. The van der Waals surface area contributed by atoms with Crippen molar-refractivity contribution in [1.29, 1.82) is 0 Å². The largest absolute Gasteiger partial charge is 0.446 e. The lowest BCUT2D eigenvalue weighted by Gasteiger charge is -2.32. The highest BCUT2D eigenvalue weighted by molar-refractivity contribution is 6.35. The topological polar surface area (TPSA) is 283 Å². The Hall–Kier alpha value is -1.63. The number of hydrogen-bond acceptors (Lipinski definition) is 15. The quantitative estimate of drug-likeness (QED) is 0.0652. The van der Waals surface area contributed by atoms with Crippen molar-refractivity contribution in [1.82, 2.24) is 0 Å². The molecule has 0 rings (SSSR count). The molecule has 0 aliphatic heterocycles. The summed E-state index contributed by atoms with van der Waals surface area (Å²) < 4.78 is 4.28. The number of ether oxygens (including phenoxy) is 1. The molecule has 0 aliphatic rings. The minimum atomic E-state index is -2.59. The molecule has 0 saturated heterocycles. The monoisotopic (exact) mass is 460 g/mol. The van der Waals surface area contributed by atoms with Gasteiger partial charge in [0.15, 0.2) is 18.5 Å². The summed E-state index contributed by atoms with van der Waals surface area (Å²) in [6, 6.07) is 0. The van der Waals surface area contributed by atoms with Crippen molar-refractivity contribution in [2.45, 2.75) is 74.1 Å². The normalized spacial score (nSPS) is 22.6. The molecule has 0 radical (unpaired) electrons. The molecular formula is C16H28O15. The first-order valence-corrected chi connectivity index (χ1v) is 8.84. The van der Waals surface area contributed by atoms with E-state index in [0.717, 1.165) is 6.92 Å². The van der Waals surface area contributed by atoms with E-state index in [-0.39, 0.29) is 6.29 Å². The number of Topliss-reactive ketones (excluding diaryl/α,β-unsaturated/α-hetero) is 1. The summed E-state index contributed by atoms with van der Waals surface area (Å²) in [4.78, 5) is 34.5. The van der Waals surface area contributed by atoms with Crippen LogP contribution in [0.15, 0.2) is 0 Å². The summed E-state index contributed by atoms with van der Waals surface area (Å²) in [5.74, 6) is -3.91. The highest BCUT2D eigenvalue weighted by Crippen LogP contribution is 2.15. The molecule has 0 amide bonds. The molecule has 11 N–H and O–H groups in total. The third-order valence-corrected chi connectivity index (χ3v) is 4.33. The zero-order valence-electron chi connectivity index (χ0n) is 16.2. The summed E-state index contributed by atoms with van der Waals surface area (Å²) >= 11 is 0. The van der Waals surface area contributed by atoms with Crippen LogP contribution in [0.3, 0.4) is 0 Å². The average Bonchev–Trinajstić information content (AvgIpc) is 2.76. The molecule has 182 valence electrons. The lowest BCUT2D eigenvalue weighted by atomic mass is 9.93. The third-order valence-electron chi connectivity index (χ3n) is 4.33. The van der Waals surface area contributed by atoms with Crippen LogP contribution in [0.25, 0.3) is 0 Å². The molecule has 15 heteroatoms. The van der Waals surface area contributed by atoms with Gasteiger partial charge in [0.1, 0.15) is 48.8 Å². The van der Waals surface area contributed by atoms with E-state index in [4.69, 9.17) is 15.3 Å². The fourth-order valence-corrected chi connectivity index (χ4v) is 2.24. The van der Waals surface area contributed by atoms with Gasteiger partial charge in [0, 0.05) is 0 Å². The molecule has 0 spiro atoms. The Labute approximate surface area is 175 Å². The minimum absolute atomic E-state index is 0.301. The Morgan fingerprint density at radius 2 is 1.16 bits per heavy atom. The number of esters is 1. The number of aliphatic hydroxyl groups excluding tert-OH is 11. The van der Waals surface area contributed by atoms with Crippen molar-refractivity contribution in [3.8, 4) is 0 Å². The number of hydrogen-bond donors (Lipinski definition) is 11. The number of aliphatic hydroxyl groups is 11. The first-order chi connectivity index (χ1) is 14.2. The van der Waals surface area contributed by atoms with Gasteiger partial charge in [-0.3, -0.25) is 9.59 Å². The van der Waals surface area contributed by atoms with Gasteiger partial charge >= 0.3 is 5.97 Å². The lowest BCUT2D eigenvalue weighted by molar-refractivity contribution is -0.187. The molecule has 0 unspecified atom stereocenters. The zero-order chi connectivity index (χ0) is 24.6. The maximum Gasteiger partial charge on any atom is 0.378 e. The van der Waals surface area contributed by atoms with Gasteiger partial charge in [0.2, 0.25) is 0 Å². The standard InChI is InChI=1S/C16H28O15/c1-4(19)7(21)10(24)13(27)14(28)12(26)9(23)6(3-18)31-16(30)15(29)11(25)8(22)5(20)2-17/h3-14,17,19-28H,2H2,1H3/t4-,5+,6+,7-,8-,9-,10+,11-,12-,13-,14+/m1/s1. The summed E-state index contributed by atoms with van der Waals surface area (Å²) in [7, 11) is 0. The second-order valence-corrected chi connectivity index (χ2v) is 6.74. The van der Waals surface area contributed by atoms with Crippen molar-refractivity contribution in [2.75, 3.05) is 6.61 Å². The van der Waals surface area contributed by atoms with Gasteiger partial charge in [-0.25, -0.2) is 4.79 Å². The fourth-order valence-electron chi connectivity index (χ4n) is 2.24. The fraction of sp³-hybridized carbons (Fsp3) is 0.812. The van der Waals surface area contributed by atoms with Gasteiger partial charge in [-0.15, -0.1) is 0 Å². The number of carbonyl (C=O) groups is 3. The molecule has 31 heavy (non-hydrogen) atoms. The van der Waals surface area contributed by atoms with Crippen LogP contribution in [0.5, 0.6) is 0 Å². The van der Waals surface area contributed by atoms with Gasteiger partial charge in [-0.05, 0) is 6.92 Å². The highest BCUT2D eigenvalue weighted by atomic mass is 16.6. The molecule has 0 saturated carbocycles. The van der Waals surface area contributed by atoms with Gasteiger partial charge in [0.05, 0.1) is 12.7 Å². The van der Waals surface area contributed by atoms with E-state index in [9.17, 15) is 55.2 Å². The van der Waals surface area contributed by atoms with E-state index in [1.807, 2.05) is 0 Å². The Morgan fingerprint density at radius 1 is 0.742 bits per heavy atom. The molecule has 0 aromatic rings. The van der Waals surface area contributed by atoms with Crippen LogP contribution in [0, 0.1) is 0 Å². The molecule has 11 atom stereocenters.